The van der Waals surface area contributed by atoms with Gasteiger partial charge >= 0.3 is 0 Å². The van der Waals surface area contributed by atoms with Crippen molar-refractivity contribution in [1.29, 1.82) is 0 Å². The first-order valence-corrected chi connectivity index (χ1v) is 11.7. The molecule has 3 N–H and O–H groups in total. The maximum Gasteiger partial charge on any atom is 0.238 e. The summed E-state index contributed by atoms with van der Waals surface area (Å²) >= 11 is 0. The van der Waals surface area contributed by atoms with E-state index in [9.17, 15) is 12.8 Å². The third-order valence-corrected chi connectivity index (χ3v) is 6.31. The van der Waals surface area contributed by atoms with Gasteiger partial charge in [0.05, 0.1) is 21.8 Å². The van der Waals surface area contributed by atoms with Gasteiger partial charge in [-0.3, -0.25) is 0 Å². The highest BCUT2D eigenvalue weighted by Crippen LogP contribution is 2.42. The summed E-state index contributed by atoms with van der Waals surface area (Å²) in [6, 6.07) is 16.4. The van der Waals surface area contributed by atoms with Crippen molar-refractivity contribution in [3.05, 3.63) is 77.7 Å². The van der Waals surface area contributed by atoms with Crippen molar-refractivity contribution >= 4 is 27.0 Å². The molecule has 1 fully saturated rings. The molecule has 9 heteroatoms. The molecule has 1 saturated carbocycles. The summed E-state index contributed by atoms with van der Waals surface area (Å²) in [4.78, 5) is 14.2. The van der Waals surface area contributed by atoms with Crippen molar-refractivity contribution in [1.82, 2.24) is 15.0 Å². The third-order valence-electron chi connectivity index (χ3n) is 5.38. The molecule has 0 unspecified atom stereocenters. The lowest BCUT2D eigenvalue weighted by atomic mass is 10.1. The van der Waals surface area contributed by atoms with E-state index in [2.05, 4.69) is 10.3 Å². The Bertz CT molecular complexity index is 1400. The van der Waals surface area contributed by atoms with Crippen LogP contribution in [0.2, 0.25) is 0 Å². The molecule has 7 nitrogen and oxygen atoms in total. The Morgan fingerprint density at radius 1 is 0.938 bits per heavy atom. The zero-order valence-electron chi connectivity index (χ0n) is 17.0. The summed E-state index contributed by atoms with van der Waals surface area (Å²) in [7, 11) is -3.72. The van der Waals surface area contributed by atoms with Gasteiger partial charge in [-0.25, -0.2) is 32.9 Å². The van der Waals surface area contributed by atoms with Crippen molar-refractivity contribution in [3.8, 4) is 11.3 Å². The predicted molar refractivity (Wildman–Crippen MR) is 120 cm³/mol. The van der Waals surface area contributed by atoms with Gasteiger partial charge < -0.3 is 5.32 Å². The normalized spacial score (nSPS) is 13.9. The summed E-state index contributed by atoms with van der Waals surface area (Å²) in [5.74, 6) is 0.559. The molecule has 2 heterocycles. The Morgan fingerprint density at radius 2 is 1.66 bits per heavy atom. The van der Waals surface area contributed by atoms with Crippen LogP contribution in [0.3, 0.4) is 0 Å². The number of hydrogen-bond donors (Lipinski definition) is 2. The average molecular weight is 450 g/mol. The van der Waals surface area contributed by atoms with Gasteiger partial charge in [0.15, 0.2) is 0 Å². The number of aromatic nitrogens is 3. The van der Waals surface area contributed by atoms with Crippen LogP contribution in [0.25, 0.3) is 22.3 Å². The monoisotopic (exact) mass is 449 g/mol. The minimum absolute atomic E-state index is 0.0715. The molecule has 162 valence electrons. The van der Waals surface area contributed by atoms with E-state index in [0.29, 0.717) is 18.4 Å². The lowest BCUT2D eigenvalue weighted by Crippen LogP contribution is -2.12. The van der Waals surface area contributed by atoms with Gasteiger partial charge in [-0.2, -0.15) is 0 Å². The topological polar surface area (TPSA) is 111 Å². The lowest BCUT2D eigenvalue weighted by molar-refractivity contribution is 0.597. The second kappa shape index (κ2) is 7.92. The first-order valence-electron chi connectivity index (χ1n) is 10.2. The molecule has 32 heavy (non-hydrogen) atoms. The Labute approximate surface area is 184 Å². The molecule has 5 rings (SSSR count). The standard InChI is InChI=1S/C23H20FN5O2S/c24-17-7-5-15(6-8-17)19-11-12-20-22(27-19)21(16-3-4-16)29-23(28-20)26-13-14-1-9-18(10-2-14)32(25,30)31/h1-2,5-12,16H,3-4,13H2,(H2,25,30,31)(H,26,28,29). The number of fused-ring (bicyclic) bond motifs is 1. The molecule has 0 amide bonds. The second-order valence-electron chi connectivity index (χ2n) is 7.82. The number of nitrogens with two attached hydrogens (primary N) is 1. The SMILES string of the molecule is NS(=O)(=O)c1ccc(CNc2nc(C3CC3)c3nc(-c4ccc(F)cc4)ccc3n2)cc1. The predicted octanol–water partition coefficient (Wildman–Crippen LogP) is 3.97. The maximum absolute atomic E-state index is 13.3. The minimum atomic E-state index is -3.72. The summed E-state index contributed by atoms with van der Waals surface area (Å²) in [5.41, 5.74) is 4.86. The number of nitrogens with zero attached hydrogens (tertiary/aromatic N) is 3. The zero-order chi connectivity index (χ0) is 22.3. The van der Waals surface area contributed by atoms with Gasteiger partial charge in [0.1, 0.15) is 11.3 Å². The van der Waals surface area contributed by atoms with Crippen LogP contribution in [0, 0.1) is 5.82 Å². The second-order valence-corrected chi connectivity index (χ2v) is 9.38. The Hall–Kier alpha value is -3.43. The van der Waals surface area contributed by atoms with Crippen LogP contribution in [-0.2, 0) is 16.6 Å². The quantitative estimate of drug-likeness (QED) is 0.461. The smallest absolute Gasteiger partial charge is 0.238 e. The molecule has 0 aliphatic heterocycles. The van der Waals surface area contributed by atoms with E-state index >= 15 is 0 Å². The number of pyridine rings is 1. The maximum atomic E-state index is 13.3. The van der Waals surface area contributed by atoms with E-state index in [-0.39, 0.29) is 10.7 Å². The van der Waals surface area contributed by atoms with Crippen molar-refractivity contribution < 1.29 is 12.8 Å². The molecule has 2 aromatic heterocycles. The fraction of sp³-hybridized carbons (Fsp3) is 0.174. The molecule has 2 aromatic carbocycles. The van der Waals surface area contributed by atoms with Crippen LogP contribution in [0.5, 0.6) is 0 Å². The van der Waals surface area contributed by atoms with Gasteiger partial charge in [-0.05, 0) is 66.9 Å². The van der Waals surface area contributed by atoms with Gasteiger partial charge in [0, 0.05) is 18.0 Å². The number of halogens is 1. The van der Waals surface area contributed by atoms with E-state index in [4.69, 9.17) is 15.1 Å². The molecule has 4 aromatic rings. The van der Waals surface area contributed by atoms with Crippen LogP contribution in [0.1, 0.15) is 30.0 Å². The summed E-state index contributed by atoms with van der Waals surface area (Å²) in [5, 5.41) is 8.36. The van der Waals surface area contributed by atoms with E-state index in [1.807, 2.05) is 12.1 Å². The first-order chi connectivity index (χ1) is 15.4. The summed E-state index contributed by atoms with van der Waals surface area (Å²) in [6.07, 6.45) is 2.12. The minimum Gasteiger partial charge on any atom is -0.350 e. The van der Waals surface area contributed by atoms with Crippen molar-refractivity contribution in [2.45, 2.75) is 30.2 Å². The Morgan fingerprint density at radius 3 is 2.31 bits per heavy atom. The van der Waals surface area contributed by atoms with E-state index in [1.54, 1.807) is 24.3 Å². The molecule has 1 aliphatic rings. The number of benzene rings is 2. The number of hydrogen-bond acceptors (Lipinski definition) is 6. The molecule has 0 spiro atoms. The van der Waals surface area contributed by atoms with E-state index < -0.39 is 10.0 Å². The Kier molecular flexibility index (Phi) is 5.07. The van der Waals surface area contributed by atoms with Crippen LogP contribution in [0.4, 0.5) is 10.3 Å². The van der Waals surface area contributed by atoms with Crippen molar-refractivity contribution in [2.24, 2.45) is 5.14 Å². The lowest BCUT2D eigenvalue weighted by Gasteiger charge is -2.11. The zero-order valence-corrected chi connectivity index (χ0v) is 17.8. The average Bonchev–Trinajstić information content (AvgIpc) is 3.62. The van der Waals surface area contributed by atoms with Crippen LogP contribution < -0.4 is 10.5 Å². The highest BCUT2D eigenvalue weighted by molar-refractivity contribution is 7.89. The van der Waals surface area contributed by atoms with Gasteiger partial charge in [0.2, 0.25) is 16.0 Å². The van der Waals surface area contributed by atoms with Crippen LogP contribution >= 0.6 is 0 Å². The Balaban J connectivity index is 1.43. The van der Waals surface area contributed by atoms with Crippen molar-refractivity contribution in [3.63, 3.8) is 0 Å². The first kappa shape index (κ1) is 20.5. The molecule has 0 atom stereocenters. The third kappa shape index (κ3) is 4.30. The molecule has 0 radical (unpaired) electrons. The number of primary sulfonamides is 1. The fourth-order valence-corrected chi connectivity index (χ4v) is 4.03. The van der Waals surface area contributed by atoms with Gasteiger partial charge in [-0.15, -0.1) is 0 Å². The largest absolute Gasteiger partial charge is 0.350 e. The molecule has 1 aliphatic carbocycles. The van der Waals surface area contributed by atoms with E-state index in [0.717, 1.165) is 46.4 Å². The molecule has 0 bridgehead atoms. The number of anilines is 1. The molecule has 0 saturated heterocycles. The van der Waals surface area contributed by atoms with Crippen LogP contribution in [0.15, 0.2) is 65.6 Å². The molecular formula is C23H20FN5O2S. The van der Waals surface area contributed by atoms with Crippen LogP contribution in [-0.4, -0.2) is 23.4 Å². The fourth-order valence-electron chi connectivity index (χ4n) is 3.52. The van der Waals surface area contributed by atoms with Gasteiger partial charge in [-0.1, -0.05) is 12.1 Å². The summed E-state index contributed by atoms with van der Waals surface area (Å²) in [6.45, 7) is 0.432. The number of nitrogens with one attached hydrogen (secondary N) is 1. The summed E-state index contributed by atoms with van der Waals surface area (Å²) < 4.78 is 36.1. The highest BCUT2D eigenvalue weighted by Gasteiger charge is 2.29. The number of sulfonamides is 1. The van der Waals surface area contributed by atoms with E-state index in [1.165, 1.54) is 24.3 Å². The number of rotatable bonds is 6. The molecular weight excluding hydrogens is 429 g/mol. The van der Waals surface area contributed by atoms with Gasteiger partial charge in [0.25, 0.3) is 0 Å². The van der Waals surface area contributed by atoms with Crippen molar-refractivity contribution in [2.75, 3.05) is 5.32 Å². The highest BCUT2D eigenvalue weighted by atomic mass is 32.2.